The molecule has 0 atom stereocenters. The minimum Gasteiger partial charge on any atom is -0.493 e. The molecule has 2 rings (SSSR count). The monoisotopic (exact) mass is 438 g/mol. The lowest BCUT2D eigenvalue weighted by Crippen LogP contribution is -2.22. The minimum atomic E-state index is -0.445. The lowest BCUT2D eigenvalue weighted by atomic mass is 10.1. The number of benzene rings is 2. The van der Waals surface area contributed by atoms with E-state index in [0.717, 1.165) is 23.6 Å². The Morgan fingerprint density at radius 2 is 1.38 bits per heavy atom. The minimum absolute atomic E-state index is 0.200. The Kier molecular flexibility index (Phi) is 10.5. The maximum Gasteiger partial charge on any atom is 0.341 e. The number of esters is 1. The number of nitrogens with one attached hydrogen (secondary N) is 2. The van der Waals surface area contributed by atoms with Crippen LogP contribution in [0.5, 0.6) is 5.75 Å². The van der Waals surface area contributed by atoms with Gasteiger partial charge in [-0.05, 0) is 60.7 Å². The van der Waals surface area contributed by atoms with Gasteiger partial charge in [0, 0.05) is 13.1 Å². The van der Waals surface area contributed by atoms with E-state index in [1.165, 1.54) is 12.2 Å². The van der Waals surface area contributed by atoms with E-state index in [4.69, 9.17) is 9.47 Å². The van der Waals surface area contributed by atoms with E-state index >= 15 is 0 Å². The van der Waals surface area contributed by atoms with Crippen LogP contribution in [0.2, 0.25) is 0 Å². The molecule has 0 saturated carbocycles. The molecule has 0 heterocycles. The normalized spacial score (nSPS) is 10.2. The fraction of sp³-hybridized carbons (Fsp3) is 0.320. The number of rotatable bonds is 14. The van der Waals surface area contributed by atoms with Gasteiger partial charge < -0.3 is 20.1 Å². The van der Waals surface area contributed by atoms with Crippen LogP contribution in [0.3, 0.4) is 0 Å². The van der Waals surface area contributed by atoms with E-state index in [1.807, 2.05) is 30.3 Å². The fourth-order valence-corrected chi connectivity index (χ4v) is 2.94. The molecule has 2 aromatic rings. The summed E-state index contributed by atoms with van der Waals surface area (Å²) in [5.41, 5.74) is 0.378. The molecule has 0 fully saturated rings. The quantitative estimate of drug-likeness (QED) is 0.267. The molecular formula is C25H30N2O5. The molecule has 2 aromatic carbocycles. The molecule has 0 radical (unpaired) electrons. The van der Waals surface area contributed by atoms with Crippen molar-refractivity contribution in [2.24, 2.45) is 0 Å². The number of carbonyl (C=O) groups is 3. The standard InChI is InChI=1S/C25H30N2O5/c1-3-23(28)26-13-7-9-15-31-22-18-20-12-6-5-11-19(20)17-21(22)25(30)32-16-10-8-14-27-24(29)4-2/h3-6,11-12,17-18H,1-2,7-10,13-16H2,(H,26,28)(H,27,29). The van der Waals surface area contributed by atoms with Gasteiger partial charge in [0.05, 0.1) is 13.2 Å². The number of amides is 2. The van der Waals surface area contributed by atoms with Gasteiger partial charge in [-0.25, -0.2) is 4.79 Å². The van der Waals surface area contributed by atoms with Crippen LogP contribution in [0.4, 0.5) is 0 Å². The first-order valence-corrected chi connectivity index (χ1v) is 10.7. The van der Waals surface area contributed by atoms with Gasteiger partial charge in [0.1, 0.15) is 11.3 Å². The maximum atomic E-state index is 12.7. The van der Waals surface area contributed by atoms with Crippen LogP contribution in [-0.2, 0) is 14.3 Å². The van der Waals surface area contributed by atoms with Crippen LogP contribution in [0.25, 0.3) is 10.8 Å². The summed E-state index contributed by atoms with van der Waals surface area (Å²) in [5, 5.41) is 7.29. The fourth-order valence-electron chi connectivity index (χ4n) is 2.94. The number of fused-ring (bicyclic) bond motifs is 1. The Hall–Kier alpha value is -3.61. The molecule has 0 aliphatic carbocycles. The van der Waals surface area contributed by atoms with Crippen LogP contribution in [0.15, 0.2) is 61.7 Å². The molecule has 0 unspecified atom stereocenters. The number of hydrogen-bond donors (Lipinski definition) is 2. The van der Waals surface area contributed by atoms with Crippen molar-refractivity contribution in [3.05, 3.63) is 67.3 Å². The summed E-state index contributed by atoms with van der Waals surface area (Å²) in [6.07, 6.45) is 5.24. The summed E-state index contributed by atoms with van der Waals surface area (Å²) in [4.78, 5) is 35.0. The van der Waals surface area contributed by atoms with Crippen molar-refractivity contribution in [3.8, 4) is 5.75 Å². The van der Waals surface area contributed by atoms with Crippen LogP contribution in [-0.4, -0.2) is 44.1 Å². The van der Waals surface area contributed by atoms with Gasteiger partial charge in [-0.2, -0.15) is 0 Å². The first kappa shape index (κ1) is 24.7. The first-order chi connectivity index (χ1) is 15.5. The topological polar surface area (TPSA) is 93.7 Å². The second kappa shape index (κ2) is 13.6. The molecule has 0 spiro atoms. The van der Waals surface area contributed by atoms with Crippen LogP contribution in [0, 0.1) is 0 Å². The van der Waals surface area contributed by atoms with Gasteiger partial charge in [-0.1, -0.05) is 37.4 Å². The van der Waals surface area contributed by atoms with Crippen LogP contribution in [0.1, 0.15) is 36.0 Å². The Morgan fingerprint density at radius 1 is 0.812 bits per heavy atom. The zero-order valence-electron chi connectivity index (χ0n) is 18.2. The molecule has 32 heavy (non-hydrogen) atoms. The molecule has 0 aliphatic rings. The number of hydrogen-bond acceptors (Lipinski definition) is 5. The SMILES string of the molecule is C=CC(=O)NCCCCOC(=O)c1cc2ccccc2cc1OCCCCNC(=O)C=C. The molecular weight excluding hydrogens is 408 g/mol. The lowest BCUT2D eigenvalue weighted by molar-refractivity contribution is -0.117. The molecule has 0 aliphatic heterocycles. The lowest BCUT2D eigenvalue weighted by Gasteiger charge is -2.13. The summed E-state index contributed by atoms with van der Waals surface area (Å²) in [6.45, 7) is 8.50. The molecule has 2 N–H and O–H groups in total. The van der Waals surface area contributed by atoms with E-state index < -0.39 is 5.97 Å². The average molecular weight is 439 g/mol. The summed E-state index contributed by atoms with van der Waals surface area (Å²) in [5.74, 6) is -0.391. The van der Waals surface area contributed by atoms with Crippen molar-refractivity contribution >= 4 is 28.6 Å². The third-order valence-electron chi connectivity index (χ3n) is 4.67. The van der Waals surface area contributed by atoms with E-state index in [9.17, 15) is 14.4 Å². The highest BCUT2D eigenvalue weighted by atomic mass is 16.5. The Labute approximate surface area is 188 Å². The van der Waals surface area contributed by atoms with Gasteiger partial charge in [-0.3, -0.25) is 9.59 Å². The number of carbonyl (C=O) groups excluding carboxylic acids is 3. The van der Waals surface area contributed by atoms with Crippen molar-refractivity contribution in [1.29, 1.82) is 0 Å². The number of unbranched alkanes of at least 4 members (excludes halogenated alkanes) is 2. The zero-order chi connectivity index (χ0) is 23.2. The second-order valence-corrected chi connectivity index (χ2v) is 7.08. The third-order valence-corrected chi connectivity index (χ3v) is 4.67. The van der Waals surface area contributed by atoms with Gasteiger partial charge in [-0.15, -0.1) is 0 Å². The van der Waals surface area contributed by atoms with Crippen molar-refractivity contribution in [2.45, 2.75) is 25.7 Å². The van der Waals surface area contributed by atoms with Crippen molar-refractivity contribution in [2.75, 3.05) is 26.3 Å². The smallest absolute Gasteiger partial charge is 0.341 e. The predicted molar refractivity (Wildman–Crippen MR) is 125 cm³/mol. The van der Waals surface area contributed by atoms with E-state index in [0.29, 0.717) is 43.9 Å². The maximum absolute atomic E-state index is 12.7. The zero-order valence-corrected chi connectivity index (χ0v) is 18.2. The molecule has 0 bridgehead atoms. The summed E-state index contributed by atoms with van der Waals surface area (Å²) in [7, 11) is 0. The molecule has 0 saturated heterocycles. The van der Waals surface area contributed by atoms with E-state index in [2.05, 4.69) is 23.8 Å². The Morgan fingerprint density at radius 3 is 1.97 bits per heavy atom. The molecule has 7 heteroatoms. The highest BCUT2D eigenvalue weighted by molar-refractivity contribution is 5.98. The second-order valence-electron chi connectivity index (χ2n) is 7.08. The summed E-state index contributed by atoms with van der Waals surface area (Å²) in [6, 6.07) is 11.3. The van der Waals surface area contributed by atoms with Crippen LogP contribution < -0.4 is 15.4 Å². The van der Waals surface area contributed by atoms with Crippen molar-refractivity contribution in [3.63, 3.8) is 0 Å². The van der Waals surface area contributed by atoms with E-state index in [-0.39, 0.29) is 18.4 Å². The highest BCUT2D eigenvalue weighted by Gasteiger charge is 2.16. The van der Waals surface area contributed by atoms with Gasteiger partial charge in [0.2, 0.25) is 11.8 Å². The molecule has 0 aromatic heterocycles. The summed E-state index contributed by atoms with van der Waals surface area (Å²) < 4.78 is 11.3. The largest absolute Gasteiger partial charge is 0.493 e. The first-order valence-electron chi connectivity index (χ1n) is 10.7. The average Bonchev–Trinajstić information content (AvgIpc) is 2.82. The highest BCUT2D eigenvalue weighted by Crippen LogP contribution is 2.27. The Balaban J connectivity index is 1.91. The molecule has 7 nitrogen and oxygen atoms in total. The van der Waals surface area contributed by atoms with Gasteiger partial charge in [0.15, 0.2) is 0 Å². The molecule has 2 amide bonds. The Bertz CT molecular complexity index is 954. The molecule has 170 valence electrons. The summed E-state index contributed by atoms with van der Waals surface area (Å²) >= 11 is 0. The third kappa shape index (κ3) is 8.26. The van der Waals surface area contributed by atoms with E-state index in [1.54, 1.807) is 6.07 Å². The van der Waals surface area contributed by atoms with Gasteiger partial charge >= 0.3 is 5.97 Å². The van der Waals surface area contributed by atoms with Gasteiger partial charge in [0.25, 0.3) is 0 Å². The van der Waals surface area contributed by atoms with Crippen molar-refractivity contribution < 1.29 is 23.9 Å². The van der Waals surface area contributed by atoms with Crippen LogP contribution >= 0.6 is 0 Å². The van der Waals surface area contributed by atoms with Crippen molar-refractivity contribution in [1.82, 2.24) is 10.6 Å². The number of ether oxygens (including phenoxy) is 2. The predicted octanol–water partition coefficient (Wildman–Crippen LogP) is 3.54.